The Morgan fingerprint density at radius 2 is 0.726 bits per heavy atom. The lowest BCUT2D eigenvalue weighted by atomic mass is 9.86. The number of aliphatic hydroxyl groups is 4. The first-order chi connectivity index (χ1) is 50.3. The van der Waals surface area contributed by atoms with Crippen LogP contribution in [-0.2, 0) is 78.2 Å². The number of carbonyl (C=O) groups is 12. The van der Waals surface area contributed by atoms with E-state index in [1.54, 1.807) is 27.7 Å². The fourth-order valence-corrected chi connectivity index (χ4v) is 16.9. The maximum absolute atomic E-state index is 15.6. The zero-order valence-electron chi connectivity index (χ0n) is 60.0. The lowest BCUT2D eigenvalue weighted by molar-refractivity contribution is -0.161. The van der Waals surface area contributed by atoms with E-state index in [9.17, 15) is 49.2 Å². The smallest absolute Gasteiger partial charge is 0.261 e. The Morgan fingerprint density at radius 1 is 0.415 bits per heavy atom. The highest BCUT2D eigenvalue weighted by Crippen LogP contribution is 2.55. The Morgan fingerprint density at radius 3 is 1.05 bits per heavy atom. The van der Waals surface area contributed by atoms with Gasteiger partial charge in [-0.1, -0.05) is 50.9 Å². The molecule has 0 saturated carbocycles. The van der Waals surface area contributed by atoms with Crippen molar-refractivity contribution in [3.63, 3.8) is 0 Å². The van der Waals surface area contributed by atoms with Crippen molar-refractivity contribution in [1.29, 1.82) is 0 Å². The van der Waals surface area contributed by atoms with Crippen LogP contribution in [0.1, 0.15) is 117 Å². The number of aliphatic hydroxyl groups excluding tert-OH is 2. The van der Waals surface area contributed by atoms with Gasteiger partial charge in [-0.05, 0) is 101 Å². The number of ether oxygens (including phenoxy) is 2. The van der Waals surface area contributed by atoms with Gasteiger partial charge >= 0.3 is 0 Å². The van der Waals surface area contributed by atoms with Crippen LogP contribution in [0, 0.1) is 11.8 Å². The van der Waals surface area contributed by atoms with Crippen molar-refractivity contribution in [2.24, 2.45) is 11.8 Å². The standard InChI is InChI=1S/C68H94Cl2N18O18/c1-29(2)49-63(101)87-45(15-11-19-73-87)59(97)85-43(13-9-17-71-85)55(93)75-41(27-105-7)53(91)81-51(31(5)89)61(99)83-47(57(95)79-49)25-67(103)35-21-33(37(69)23-39(35)77-65(67)83)34-22-36-40(24-38(34)70)78-66-68(36,104)26-48-58(96)80-50(30(3)4)64(102)88-46(16-12-20-74-88)60(98)86-44(14-10-18-72-86)56(94)76-42(28-106-8)54(92)82-52(32(6)90)62(100)84(48)66/h21-24,29-32,41-52,65-66,71-74,77-78,89-90,103-104H,9-20,25-28H2,1-8H3,(H,75,93)(H,76,94)(H,79,95)(H,80,96)(H,81,91)(H,82,92)/t31-,32-,41-,42-,43+,44?,45-,46-,47-,48-,49+,50?,51+,52+,65-,66-,67+,68+/m0/s1. The van der Waals surface area contributed by atoms with Gasteiger partial charge in [0.2, 0.25) is 47.3 Å². The van der Waals surface area contributed by atoms with Crippen LogP contribution in [0.2, 0.25) is 10.0 Å². The summed E-state index contributed by atoms with van der Waals surface area (Å²) in [4.78, 5) is 181. The number of amides is 12. The van der Waals surface area contributed by atoms with E-state index in [1.807, 2.05) is 0 Å². The molecule has 8 saturated heterocycles. The number of methoxy groups -OCH3 is 2. The highest BCUT2D eigenvalue weighted by Gasteiger charge is 2.64. The number of anilines is 2. The molecular weight excluding hydrogens is 1430 g/mol. The second-order valence-corrected chi connectivity index (χ2v) is 30.5. The summed E-state index contributed by atoms with van der Waals surface area (Å²) in [5.74, 6) is -11.8. The molecule has 8 fully saturated rings. The second kappa shape index (κ2) is 30.8. The average molecular weight is 1520 g/mol. The van der Waals surface area contributed by atoms with E-state index >= 15 is 28.8 Å². The monoisotopic (exact) mass is 1520 g/mol. The number of nitrogens with one attached hydrogen (secondary N) is 12. The SMILES string of the molecule is COC[C@@H]1NC(=O)C2CCCNN2C(=O)[C@@H]2CCCNN2C(=O)C(C(C)C)NC(=O)[C@@H]2C[C@@]3(O)c4cc(-c5cc6c(cc5Cl)N[C@H]5N7C(=O)[C@@H]([C@H](C)O)NC(=O)[C@H](COC)NC(=O)[C@H]8CCCNN8C(=O)[C@@H]8CCCNN8C(=O)[C@@H](C(C)C)NC(=O)[C@@H]7C[C@@]65O)c(Cl)cc4N[C@H]3N2C(=O)[C@@H]([C@H](C)O)NC1=O. The number of hydrazine groups is 4. The molecule has 0 spiro atoms. The van der Waals surface area contributed by atoms with Gasteiger partial charge < -0.3 is 82.2 Å². The zero-order chi connectivity index (χ0) is 76.4. The van der Waals surface area contributed by atoms with Crippen molar-refractivity contribution in [1.82, 2.24) is 83.4 Å². The van der Waals surface area contributed by atoms with Crippen molar-refractivity contribution in [3.8, 4) is 11.1 Å². The van der Waals surface area contributed by atoms with E-state index in [-0.39, 0.29) is 82.4 Å². The van der Waals surface area contributed by atoms with Crippen LogP contribution in [0.25, 0.3) is 11.1 Å². The van der Waals surface area contributed by atoms with Gasteiger partial charge in [-0.25, -0.2) is 21.7 Å². The van der Waals surface area contributed by atoms with Crippen LogP contribution in [0.5, 0.6) is 0 Å². The molecule has 0 aliphatic carbocycles. The molecule has 38 heteroatoms. The predicted molar refractivity (Wildman–Crippen MR) is 375 cm³/mol. The van der Waals surface area contributed by atoms with Crippen LogP contribution in [-0.4, -0.2) is 272 Å². The van der Waals surface area contributed by atoms with Gasteiger partial charge in [0, 0.05) is 86.9 Å². The number of hydrogen-bond donors (Lipinski definition) is 16. The minimum absolute atomic E-state index is 0.0299. The van der Waals surface area contributed by atoms with Crippen molar-refractivity contribution >= 4 is 105 Å². The largest absolute Gasteiger partial charge is 0.391 e. The molecule has 12 rings (SSSR count). The number of fused-ring (bicyclic) bond motifs is 14. The topological polar surface area (TPSA) is 468 Å². The molecular formula is C68H94Cl2N18O18. The Kier molecular flexibility index (Phi) is 22.5. The minimum atomic E-state index is -2.29. The normalized spacial score (nSPS) is 33.5. The number of nitrogens with zero attached hydrogens (tertiary/aromatic N) is 6. The zero-order valence-corrected chi connectivity index (χ0v) is 61.5. The molecule has 10 aliphatic heterocycles. The molecule has 10 heterocycles. The van der Waals surface area contributed by atoms with E-state index in [4.69, 9.17) is 32.7 Å². The number of benzene rings is 2. The van der Waals surface area contributed by atoms with E-state index in [0.717, 1.165) is 29.8 Å². The first-order valence-electron chi connectivity index (χ1n) is 36.1. The molecule has 2 unspecified atom stereocenters. The lowest BCUT2D eigenvalue weighted by Crippen LogP contribution is -2.69. The third kappa shape index (κ3) is 14.0. The van der Waals surface area contributed by atoms with Crippen molar-refractivity contribution < 1.29 is 87.4 Å². The fraction of sp³-hybridized carbons (Fsp3) is 0.647. The number of carbonyl (C=O) groups excluding carboxylic acids is 12. The Hall–Kier alpha value is -8.14. The molecule has 10 aliphatic rings. The van der Waals surface area contributed by atoms with Gasteiger partial charge in [0.25, 0.3) is 23.6 Å². The van der Waals surface area contributed by atoms with Crippen LogP contribution in [0.15, 0.2) is 24.3 Å². The van der Waals surface area contributed by atoms with Crippen molar-refractivity contribution in [2.45, 2.75) is 214 Å². The van der Waals surface area contributed by atoms with Crippen LogP contribution < -0.4 is 64.2 Å². The molecule has 0 aromatic heterocycles. The van der Waals surface area contributed by atoms with E-state index in [1.165, 1.54) is 52.3 Å². The molecule has 578 valence electrons. The van der Waals surface area contributed by atoms with Gasteiger partial charge in [-0.2, -0.15) is 0 Å². The van der Waals surface area contributed by atoms with Crippen LogP contribution in [0.4, 0.5) is 11.4 Å². The summed E-state index contributed by atoms with van der Waals surface area (Å²) >= 11 is 14.5. The maximum atomic E-state index is 15.6. The van der Waals surface area contributed by atoms with Gasteiger partial charge in [-0.15, -0.1) is 0 Å². The minimum Gasteiger partial charge on any atom is -0.391 e. The predicted octanol–water partition coefficient (Wildman–Crippen LogP) is -3.97. The fourth-order valence-electron chi connectivity index (χ4n) is 16.3. The third-order valence-electron chi connectivity index (χ3n) is 21.9. The van der Waals surface area contributed by atoms with Gasteiger partial charge in [0.1, 0.15) is 96.0 Å². The Balaban J connectivity index is 0.910. The van der Waals surface area contributed by atoms with E-state index in [2.05, 4.69) is 64.2 Å². The van der Waals surface area contributed by atoms with Crippen molar-refractivity contribution in [3.05, 3.63) is 45.4 Å². The highest BCUT2D eigenvalue weighted by molar-refractivity contribution is 6.37. The first kappa shape index (κ1) is 77.5. The van der Waals surface area contributed by atoms with E-state index < -0.39 is 217 Å². The summed E-state index contributed by atoms with van der Waals surface area (Å²) in [6, 6.07) is -12.2. The average Bonchev–Trinajstić information content (AvgIpc) is 1.55. The Bertz CT molecular complexity index is 3630. The van der Waals surface area contributed by atoms with Gasteiger partial charge in [0.05, 0.1) is 35.5 Å². The lowest BCUT2D eigenvalue weighted by Gasteiger charge is -2.43. The summed E-state index contributed by atoms with van der Waals surface area (Å²) in [5.41, 5.74) is 7.92. The first-order valence-corrected chi connectivity index (χ1v) is 36.8. The summed E-state index contributed by atoms with van der Waals surface area (Å²) < 4.78 is 10.7. The number of hydrogen-bond acceptors (Lipinski definition) is 24. The third-order valence-corrected chi connectivity index (χ3v) is 22.5. The molecule has 36 nitrogen and oxygen atoms in total. The summed E-state index contributed by atoms with van der Waals surface area (Å²) in [6.07, 6.45) is -5.55. The van der Waals surface area contributed by atoms with Crippen molar-refractivity contribution in [2.75, 3.05) is 64.2 Å². The molecule has 2 aromatic carbocycles. The van der Waals surface area contributed by atoms with Crippen LogP contribution >= 0.6 is 23.2 Å². The molecule has 0 bridgehead atoms. The quantitative estimate of drug-likeness (QED) is 0.114. The highest BCUT2D eigenvalue weighted by atomic mass is 35.5. The number of halogens is 2. The molecule has 18 atom stereocenters. The van der Waals surface area contributed by atoms with Gasteiger partial charge in [0.15, 0.2) is 0 Å². The molecule has 16 N–H and O–H groups in total. The summed E-state index contributed by atoms with van der Waals surface area (Å²) in [7, 11) is 2.53. The van der Waals surface area contributed by atoms with E-state index in [0.29, 0.717) is 38.8 Å². The molecule has 2 aromatic rings. The molecule has 0 radical (unpaired) electrons. The van der Waals surface area contributed by atoms with Gasteiger partial charge in [-0.3, -0.25) is 77.6 Å². The van der Waals surface area contributed by atoms with Crippen LogP contribution in [0.3, 0.4) is 0 Å². The molecule has 106 heavy (non-hydrogen) atoms. The summed E-state index contributed by atoms with van der Waals surface area (Å²) in [6.45, 7) is 9.20. The number of rotatable bonds is 9. The summed E-state index contributed by atoms with van der Waals surface area (Å²) in [5, 5.41) is 76.7. The maximum Gasteiger partial charge on any atom is 0.261 e. The Labute approximate surface area is 620 Å². The second-order valence-electron chi connectivity index (χ2n) is 29.7. The molecule has 12 amide bonds.